The second-order valence-electron chi connectivity index (χ2n) is 5.25. The van der Waals surface area contributed by atoms with Gasteiger partial charge in [-0.15, -0.1) is 0 Å². The van der Waals surface area contributed by atoms with Crippen LogP contribution in [-0.2, 0) is 11.3 Å². The minimum Gasteiger partial charge on any atom is -0.268 e. The zero-order valence-electron chi connectivity index (χ0n) is 12.7. The third-order valence-electron chi connectivity index (χ3n) is 3.54. The zero-order chi connectivity index (χ0) is 18.0. The molecule has 1 fully saturated rings. The van der Waals surface area contributed by atoms with Gasteiger partial charge < -0.3 is 0 Å². The van der Waals surface area contributed by atoms with Gasteiger partial charge in [-0.25, -0.2) is 0 Å². The molecule has 0 atom stereocenters. The Morgan fingerprint density at radius 3 is 2.44 bits per heavy atom. The lowest BCUT2D eigenvalue weighted by Crippen LogP contribution is -2.27. The maximum Gasteiger partial charge on any atom is 0.293 e. The molecule has 0 aromatic heterocycles. The van der Waals surface area contributed by atoms with E-state index in [-0.39, 0.29) is 17.7 Å². The summed E-state index contributed by atoms with van der Waals surface area (Å²) in [6, 6.07) is 13.8. The molecule has 0 spiro atoms. The van der Waals surface area contributed by atoms with E-state index in [0.717, 1.165) is 22.9 Å². The number of amides is 2. The Morgan fingerprint density at radius 2 is 1.80 bits per heavy atom. The maximum atomic E-state index is 12.5. The fourth-order valence-electron chi connectivity index (χ4n) is 2.26. The molecule has 0 saturated carbocycles. The predicted octanol–water partition coefficient (Wildman–Crippen LogP) is 5.10. The normalized spacial score (nSPS) is 15.7. The fourth-order valence-corrected chi connectivity index (χ4v) is 3.42. The van der Waals surface area contributed by atoms with E-state index in [1.165, 1.54) is 4.90 Å². The molecule has 0 unspecified atom stereocenters. The molecule has 0 bridgehead atoms. The standard InChI is InChI=1S/C18H10Cl2N2O2S/c19-14-6-5-13(7-15(14)20)10-22-17(23)16(25-18(22)24)8-11-1-3-12(9-21)4-2-11/h1-8H,10H2/b16-8+. The largest absolute Gasteiger partial charge is 0.293 e. The first-order valence-electron chi connectivity index (χ1n) is 7.17. The molecule has 0 N–H and O–H groups in total. The summed E-state index contributed by atoms with van der Waals surface area (Å²) in [6.45, 7) is 0.131. The van der Waals surface area contributed by atoms with Crippen molar-refractivity contribution in [2.75, 3.05) is 0 Å². The number of halogens is 2. The van der Waals surface area contributed by atoms with Gasteiger partial charge in [0.15, 0.2) is 0 Å². The van der Waals surface area contributed by atoms with Crippen molar-refractivity contribution in [1.29, 1.82) is 5.26 Å². The molecule has 2 aromatic carbocycles. The van der Waals surface area contributed by atoms with Crippen molar-refractivity contribution in [3.8, 4) is 6.07 Å². The van der Waals surface area contributed by atoms with Crippen LogP contribution in [0.25, 0.3) is 6.08 Å². The Kier molecular flexibility index (Phi) is 5.14. The van der Waals surface area contributed by atoms with Gasteiger partial charge in [0.25, 0.3) is 11.1 Å². The van der Waals surface area contributed by atoms with Crippen LogP contribution in [-0.4, -0.2) is 16.0 Å². The van der Waals surface area contributed by atoms with E-state index in [1.807, 2.05) is 6.07 Å². The van der Waals surface area contributed by atoms with Crippen LogP contribution < -0.4 is 0 Å². The summed E-state index contributed by atoms with van der Waals surface area (Å²) < 4.78 is 0. The molecule has 1 heterocycles. The van der Waals surface area contributed by atoms with Crippen LogP contribution in [0.4, 0.5) is 4.79 Å². The average Bonchev–Trinajstić information content (AvgIpc) is 2.86. The highest BCUT2D eigenvalue weighted by Gasteiger charge is 2.35. The molecule has 1 aliphatic heterocycles. The van der Waals surface area contributed by atoms with Gasteiger partial charge >= 0.3 is 0 Å². The number of nitriles is 1. The zero-order valence-corrected chi connectivity index (χ0v) is 15.0. The summed E-state index contributed by atoms with van der Waals surface area (Å²) in [5, 5.41) is 9.26. The number of hydrogen-bond donors (Lipinski definition) is 0. The second-order valence-corrected chi connectivity index (χ2v) is 7.06. The molecule has 2 amide bonds. The Balaban J connectivity index is 1.80. The van der Waals surface area contributed by atoms with Crippen LogP contribution in [0.15, 0.2) is 47.4 Å². The number of hydrogen-bond acceptors (Lipinski definition) is 4. The van der Waals surface area contributed by atoms with Gasteiger partial charge in [0.1, 0.15) is 0 Å². The smallest absolute Gasteiger partial charge is 0.268 e. The predicted molar refractivity (Wildman–Crippen MR) is 99.1 cm³/mol. The number of thioether (sulfide) groups is 1. The molecular weight excluding hydrogens is 379 g/mol. The van der Waals surface area contributed by atoms with Gasteiger partial charge in [0.05, 0.1) is 33.1 Å². The maximum absolute atomic E-state index is 12.5. The van der Waals surface area contributed by atoms with Crippen molar-refractivity contribution < 1.29 is 9.59 Å². The first-order valence-corrected chi connectivity index (χ1v) is 8.74. The molecule has 1 saturated heterocycles. The molecule has 0 radical (unpaired) electrons. The Hall–Kier alpha value is -2.26. The number of benzene rings is 2. The lowest BCUT2D eigenvalue weighted by atomic mass is 10.1. The van der Waals surface area contributed by atoms with E-state index in [0.29, 0.717) is 20.5 Å². The average molecular weight is 389 g/mol. The number of imide groups is 1. The lowest BCUT2D eigenvalue weighted by Gasteiger charge is -2.12. The summed E-state index contributed by atoms with van der Waals surface area (Å²) in [7, 11) is 0. The van der Waals surface area contributed by atoms with Gasteiger partial charge in [0.2, 0.25) is 0 Å². The third-order valence-corrected chi connectivity index (χ3v) is 5.18. The molecular formula is C18H10Cl2N2O2S. The summed E-state index contributed by atoms with van der Waals surface area (Å²) in [5.41, 5.74) is 2.00. The molecule has 3 rings (SSSR count). The highest BCUT2D eigenvalue weighted by molar-refractivity contribution is 8.18. The van der Waals surface area contributed by atoms with E-state index in [9.17, 15) is 9.59 Å². The van der Waals surface area contributed by atoms with Gasteiger partial charge in [-0.1, -0.05) is 41.4 Å². The number of rotatable bonds is 3. The number of nitrogens with zero attached hydrogens (tertiary/aromatic N) is 2. The van der Waals surface area contributed by atoms with Gasteiger partial charge in [-0.05, 0) is 53.2 Å². The molecule has 1 aliphatic rings. The molecule has 0 aliphatic carbocycles. The van der Waals surface area contributed by atoms with Crippen LogP contribution in [0.1, 0.15) is 16.7 Å². The molecule has 2 aromatic rings. The Bertz CT molecular complexity index is 933. The number of carbonyl (C=O) groups excluding carboxylic acids is 2. The highest BCUT2D eigenvalue weighted by Crippen LogP contribution is 2.34. The minimum atomic E-state index is -0.356. The first kappa shape index (κ1) is 17.6. The molecule has 124 valence electrons. The summed E-state index contributed by atoms with van der Waals surface area (Å²) in [6.07, 6.45) is 1.64. The molecule has 7 heteroatoms. The Morgan fingerprint density at radius 1 is 1.08 bits per heavy atom. The van der Waals surface area contributed by atoms with Crippen molar-refractivity contribution >= 4 is 52.2 Å². The van der Waals surface area contributed by atoms with E-state index in [2.05, 4.69) is 0 Å². The monoisotopic (exact) mass is 388 g/mol. The van der Waals surface area contributed by atoms with Crippen molar-refractivity contribution in [2.24, 2.45) is 0 Å². The van der Waals surface area contributed by atoms with Gasteiger partial charge in [-0.3, -0.25) is 14.5 Å². The SMILES string of the molecule is N#Cc1ccc(/C=C2/SC(=O)N(Cc3ccc(Cl)c(Cl)c3)C2=O)cc1. The lowest BCUT2D eigenvalue weighted by molar-refractivity contribution is -0.123. The van der Waals surface area contributed by atoms with Gasteiger partial charge in [-0.2, -0.15) is 5.26 Å². The summed E-state index contributed by atoms with van der Waals surface area (Å²) >= 11 is 12.7. The van der Waals surface area contributed by atoms with Crippen molar-refractivity contribution in [3.05, 3.63) is 74.1 Å². The minimum absolute atomic E-state index is 0.131. The van der Waals surface area contributed by atoms with Crippen LogP contribution in [0.5, 0.6) is 0 Å². The van der Waals surface area contributed by atoms with Crippen LogP contribution in [0, 0.1) is 11.3 Å². The third kappa shape index (κ3) is 3.88. The number of carbonyl (C=O) groups is 2. The van der Waals surface area contributed by atoms with E-state index in [4.69, 9.17) is 28.5 Å². The van der Waals surface area contributed by atoms with Crippen LogP contribution in [0.2, 0.25) is 10.0 Å². The fraction of sp³-hybridized carbons (Fsp3) is 0.0556. The van der Waals surface area contributed by atoms with Crippen molar-refractivity contribution in [1.82, 2.24) is 4.90 Å². The van der Waals surface area contributed by atoms with E-state index >= 15 is 0 Å². The van der Waals surface area contributed by atoms with Crippen molar-refractivity contribution in [2.45, 2.75) is 6.54 Å². The first-order chi connectivity index (χ1) is 12.0. The Labute approximate surface area is 158 Å². The van der Waals surface area contributed by atoms with E-state index in [1.54, 1.807) is 48.5 Å². The van der Waals surface area contributed by atoms with Crippen molar-refractivity contribution in [3.63, 3.8) is 0 Å². The summed E-state index contributed by atoms with van der Waals surface area (Å²) in [5.74, 6) is -0.356. The second kappa shape index (κ2) is 7.32. The van der Waals surface area contributed by atoms with E-state index < -0.39 is 0 Å². The van der Waals surface area contributed by atoms with Crippen LogP contribution >= 0.6 is 35.0 Å². The topological polar surface area (TPSA) is 61.2 Å². The van der Waals surface area contributed by atoms with Crippen LogP contribution in [0.3, 0.4) is 0 Å². The quantitative estimate of drug-likeness (QED) is 0.685. The highest BCUT2D eigenvalue weighted by atomic mass is 35.5. The molecule has 4 nitrogen and oxygen atoms in total. The molecule has 25 heavy (non-hydrogen) atoms. The van der Waals surface area contributed by atoms with Gasteiger partial charge in [0, 0.05) is 0 Å². The summed E-state index contributed by atoms with van der Waals surface area (Å²) in [4.78, 5) is 26.2.